The van der Waals surface area contributed by atoms with E-state index in [2.05, 4.69) is 4.98 Å². The van der Waals surface area contributed by atoms with Crippen molar-refractivity contribution < 1.29 is 9.59 Å². The van der Waals surface area contributed by atoms with E-state index in [-0.39, 0.29) is 24.2 Å². The molecule has 0 spiro atoms. The zero-order valence-corrected chi connectivity index (χ0v) is 12.0. The van der Waals surface area contributed by atoms with Crippen molar-refractivity contribution in [2.75, 3.05) is 13.1 Å². The number of hydrogen-bond donors (Lipinski definition) is 1. The lowest BCUT2D eigenvalue weighted by atomic mass is 10.1. The number of thioether (sulfide) groups is 1. The number of nitrogens with zero attached hydrogens (tertiary/aromatic N) is 2. The number of rotatable bonds is 3. The lowest BCUT2D eigenvalue weighted by Crippen LogP contribution is -2.33. The molecule has 0 saturated carbocycles. The van der Waals surface area contributed by atoms with Crippen molar-refractivity contribution in [3.63, 3.8) is 0 Å². The van der Waals surface area contributed by atoms with Crippen LogP contribution in [0, 0.1) is 0 Å². The highest BCUT2D eigenvalue weighted by atomic mass is 32.2. The predicted octanol–water partition coefficient (Wildman–Crippen LogP) is 2.23. The summed E-state index contributed by atoms with van der Waals surface area (Å²) in [6, 6.07) is 9.51. The Bertz CT molecular complexity index is 752. The average molecular weight is 299 g/mol. The number of amides is 2. The summed E-state index contributed by atoms with van der Waals surface area (Å²) in [4.78, 5) is 29.9. The molecule has 1 aromatic carbocycles. The predicted molar refractivity (Wildman–Crippen MR) is 83.5 cm³/mol. The Morgan fingerprint density at radius 2 is 2.05 bits per heavy atom. The first-order chi connectivity index (χ1) is 10.2. The molecule has 2 amide bonds. The molecule has 2 aromatic rings. The third-order valence-electron chi connectivity index (χ3n) is 3.20. The number of aromatic nitrogens is 1. The zero-order valence-electron chi connectivity index (χ0n) is 11.2. The summed E-state index contributed by atoms with van der Waals surface area (Å²) in [7, 11) is 0. The molecular weight excluding hydrogens is 286 g/mol. The van der Waals surface area contributed by atoms with Crippen molar-refractivity contribution >= 4 is 39.9 Å². The summed E-state index contributed by atoms with van der Waals surface area (Å²) >= 11 is 0.948. The van der Waals surface area contributed by atoms with Crippen LogP contribution in [0.1, 0.15) is 5.56 Å². The van der Waals surface area contributed by atoms with E-state index in [9.17, 15) is 9.59 Å². The smallest absolute Gasteiger partial charge is 0.293 e. The van der Waals surface area contributed by atoms with Crippen molar-refractivity contribution in [1.82, 2.24) is 9.88 Å². The maximum atomic E-state index is 12.2. The molecule has 21 heavy (non-hydrogen) atoms. The molecule has 5 nitrogen and oxygen atoms in total. The molecule has 1 aromatic heterocycles. The molecule has 6 heteroatoms. The number of hydrogen-bond acceptors (Lipinski definition) is 5. The molecule has 1 fully saturated rings. The molecule has 0 atom stereocenters. The molecule has 2 heterocycles. The summed E-state index contributed by atoms with van der Waals surface area (Å²) in [5.41, 5.74) is 7.15. The van der Waals surface area contributed by atoms with Crippen molar-refractivity contribution in [3.05, 3.63) is 47.0 Å². The molecular formula is C15H13N3O2S. The maximum absolute atomic E-state index is 12.2. The Labute approximate surface area is 125 Å². The van der Waals surface area contributed by atoms with E-state index in [1.54, 1.807) is 12.3 Å². The Kier molecular flexibility index (Phi) is 3.72. The summed E-state index contributed by atoms with van der Waals surface area (Å²) in [5.74, 6) is -0.281. The minimum Gasteiger partial charge on any atom is -0.329 e. The second-order valence-corrected chi connectivity index (χ2v) is 5.53. The molecule has 1 saturated heterocycles. The van der Waals surface area contributed by atoms with Crippen molar-refractivity contribution in [2.24, 2.45) is 5.73 Å². The van der Waals surface area contributed by atoms with Crippen LogP contribution < -0.4 is 5.73 Å². The summed E-state index contributed by atoms with van der Waals surface area (Å²) < 4.78 is 0. The molecule has 0 radical (unpaired) electrons. The Hall–Kier alpha value is -2.18. The Morgan fingerprint density at radius 1 is 1.24 bits per heavy atom. The standard InChI is InChI=1S/C15H13N3O2S/c16-6-8-18-14(19)13(21-15(18)20)9-10-5-7-17-12-4-2-1-3-11(10)12/h1-5,7,9H,6,8,16H2. The fraction of sp³-hybridized carbons (Fsp3) is 0.133. The van der Waals surface area contributed by atoms with Gasteiger partial charge < -0.3 is 5.73 Å². The highest BCUT2D eigenvalue weighted by Crippen LogP contribution is 2.32. The lowest BCUT2D eigenvalue weighted by Gasteiger charge is -2.09. The maximum Gasteiger partial charge on any atom is 0.293 e. The molecule has 0 unspecified atom stereocenters. The first-order valence-corrected chi connectivity index (χ1v) is 7.31. The molecule has 1 aliphatic rings. The summed E-state index contributed by atoms with van der Waals surface area (Å²) in [6.45, 7) is 0.516. The van der Waals surface area contributed by atoms with E-state index in [1.807, 2.05) is 30.3 Å². The quantitative estimate of drug-likeness (QED) is 0.880. The van der Waals surface area contributed by atoms with E-state index in [1.165, 1.54) is 4.90 Å². The lowest BCUT2D eigenvalue weighted by molar-refractivity contribution is -0.122. The number of carbonyl (C=O) groups excluding carboxylic acids is 2. The van der Waals surface area contributed by atoms with Crippen LogP contribution in [-0.4, -0.2) is 34.1 Å². The van der Waals surface area contributed by atoms with E-state index in [4.69, 9.17) is 5.73 Å². The molecule has 106 valence electrons. The third kappa shape index (κ3) is 2.55. The topological polar surface area (TPSA) is 76.3 Å². The average Bonchev–Trinajstić information content (AvgIpc) is 2.76. The van der Waals surface area contributed by atoms with Crippen molar-refractivity contribution in [3.8, 4) is 0 Å². The largest absolute Gasteiger partial charge is 0.329 e. The van der Waals surface area contributed by atoms with Gasteiger partial charge in [0.1, 0.15) is 0 Å². The van der Waals surface area contributed by atoms with Crippen LogP contribution in [-0.2, 0) is 4.79 Å². The Balaban J connectivity index is 2.01. The van der Waals surface area contributed by atoms with Crippen molar-refractivity contribution in [1.29, 1.82) is 0 Å². The third-order valence-corrected chi connectivity index (χ3v) is 4.10. The number of para-hydroxylation sites is 1. The highest BCUT2D eigenvalue weighted by Gasteiger charge is 2.34. The van der Waals surface area contributed by atoms with Crippen LogP contribution in [0.15, 0.2) is 41.4 Å². The fourth-order valence-electron chi connectivity index (χ4n) is 2.21. The van der Waals surface area contributed by atoms with Gasteiger partial charge in [-0.1, -0.05) is 18.2 Å². The SMILES string of the molecule is NCCN1C(=O)SC(=Cc2ccnc3ccccc23)C1=O. The van der Waals surface area contributed by atoms with E-state index in [0.717, 1.165) is 28.2 Å². The van der Waals surface area contributed by atoms with Crippen LogP contribution in [0.4, 0.5) is 4.79 Å². The first kappa shape index (κ1) is 13.8. The number of nitrogens with two attached hydrogens (primary N) is 1. The second-order valence-electron chi connectivity index (χ2n) is 4.54. The van der Waals surface area contributed by atoms with Crippen LogP contribution in [0.2, 0.25) is 0 Å². The minimum atomic E-state index is -0.281. The Morgan fingerprint density at radius 3 is 2.86 bits per heavy atom. The van der Waals surface area contributed by atoms with Gasteiger partial charge in [-0.3, -0.25) is 19.5 Å². The number of carbonyl (C=O) groups is 2. The molecule has 1 aliphatic heterocycles. The van der Waals surface area contributed by atoms with Gasteiger partial charge in [-0.2, -0.15) is 0 Å². The highest BCUT2D eigenvalue weighted by molar-refractivity contribution is 8.18. The van der Waals surface area contributed by atoms with E-state index < -0.39 is 0 Å². The number of pyridine rings is 1. The molecule has 0 bridgehead atoms. The minimum absolute atomic E-state index is 0.249. The van der Waals surface area contributed by atoms with Gasteiger partial charge in [-0.25, -0.2) is 0 Å². The van der Waals surface area contributed by atoms with Gasteiger partial charge in [0.25, 0.3) is 11.1 Å². The normalized spacial score (nSPS) is 17.2. The zero-order chi connectivity index (χ0) is 14.8. The van der Waals surface area contributed by atoms with Gasteiger partial charge in [-0.05, 0) is 35.5 Å². The van der Waals surface area contributed by atoms with Gasteiger partial charge in [0.15, 0.2) is 0 Å². The summed E-state index contributed by atoms with van der Waals surface area (Å²) in [6.07, 6.45) is 3.43. The fourth-order valence-corrected chi connectivity index (χ4v) is 3.06. The van der Waals surface area contributed by atoms with Gasteiger partial charge in [-0.15, -0.1) is 0 Å². The summed E-state index contributed by atoms with van der Waals surface area (Å²) in [5, 5.41) is 0.681. The van der Waals surface area contributed by atoms with Gasteiger partial charge in [0, 0.05) is 24.7 Å². The van der Waals surface area contributed by atoms with Crippen LogP contribution >= 0.6 is 11.8 Å². The number of fused-ring (bicyclic) bond motifs is 1. The van der Waals surface area contributed by atoms with Crippen LogP contribution in [0.5, 0.6) is 0 Å². The number of imide groups is 1. The van der Waals surface area contributed by atoms with Crippen LogP contribution in [0.25, 0.3) is 17.0 Å². The van der Waals surface area contributed by atoms with Gasteiger partial charge >= 0.3 is 0 Å². The molecule has 0 aliphatic carbocycles. The van der Waals surface area contributed by atoms with E-state index >= 15 is 0 Å². The van der Waals surface area contributed by atoms with Crippen molar-refractivity contribution in [2.45, 2.75) is 0 Å². The van der Waals surface area contributed by atoms with Gasteiger partial charge in [0.05, 0.1) is 10.4 Å². The van der Waals surface area contributed by atoms with E-state index in [0.29, 0.717) is 4.91 Å². The monoisotopic (exact) mass is 299 g/mol. The molecule has 2 N–H and O–H groups in total. The van der Waals surface area contributed by atoms with Gasteiger partial charge in [0.2, 0.25) is 0 Å². The second kappa shape index (κ2) is 5.67. The van der Waals surface area contributed by atoms with Crippen LogP contribution in [0.3, 0.4) is 0 Å². The number of benzene rings is 1. The molecule has 3 rings (SSSR count). The first-order valence-electron chi connectivity index (χ1n) is 6.50.